The van der Waals surface area contributed by atoms with E-state index in [1.54, 1.807) is 0 Å². The Bertz CT molecular complexity index is 221. The van der Waals surface area contributed by atoms with Gasteiger partial charge in [-0.25, -0.2) is 0 Å². The highest BCUT2D eigenvalue weighted by atomic mass is 16.5. The molecule has 0 aromatic carbocycles. The maximum absolute atomic E-state index is 10.4. The smallest absolute Gasteiger partial charge is 0.305 e. The summed E-state index contributed by atoms with van der Waals surface area (Å²) in [7, 11) is 0. The van der Waals surface area contributed by atoms with Gasteiger partial charge in [0.05, 0.1) is 19.1 Å². The second-order valence-electron chi connectivity index (χ2n) is 4.72. The van der Waals surface area contributed by atoms with Crippen LogP contribution < -0.4 is 0 Å². The number of carboxylic acids is 1. The number of carbonyl (C=O) groups is 1. The van der Waals surface area contributed by atoms with E-state index in [-0.39, 0.29) is 12.5 Å². The van der Waals surface area contributed by atoms with Crippen molar-refractivity contribution >= 4 is 5.97 Å². The standard InChI is InChI=1S/C13H25NO3/c1-3-11(4-2)14-8-5-12(6-9-14)17-10-7-13(15)16/h11-12H,3-10H2,1-2H3,(H,15,16). The molecule has 4 heteroatoms. The summed E-state index contributed by atoms with van der Waals surface area (Å²) in [5.41, 5.74) is 0. The molecule has 100 valence electrons. The normalized spacial score (nSPS) is 18.8. The molecule has 1 aliphatic heterocycles. The van der Waals surface area contributed by atoms with Crippen LogP contribution in [0.3, 0.4) is 0 Å². The Kier molecular flexibility index (Phi) is 6.52. The SMILES string of the molecule is CCC(CC)N1CCC(OCCC(=O)O)CC1. The lowest BCUT2D eigenvalue weighted by atomic mass is 10.0. The lowest BCUT2D eigenvalue weighted by molar-refractivity contribution is -0.138. The van der Waals surface area contributed by atoms with Crippen molar-refractivity contribution in [1.82, 2.24) is 4.90 Å². The van der Waals surface area contributed by atoms with E-state index in [9.17, 15) is 4.79 Å². The fourth-order valence-corrected chi connectivity index (χ4v) is 2.53. The summed E-state index contributed by atoms with van der Waals surface area (Å²) in [6, 6.07) is 0.704. The van der Waals surface area contributed by atoms with Crippen LogP contribution >= 0.6 is 0 Å². The summed E-state index contributed by atoms with van der Waals surface area (Å²) in [5, 5.41) is 8.53. The van der Waals surface area contributed by atoms with E-state index in [1.807, 2.05) is 0 Å². The van der Waals surface area contributed by atoms with Crippen LogP contribution in [0.1, 0.15) is 46.0 Å². The molecule has 0 aromatic rings. The van der Waals surface area contributed by atoms with Crippen LogP contribution in [-0.4, -0.2) is 47.8 Å². The number of hydrogen-bond acceptors (Lipinski definition) is 3. The highest BCUT2D eigenvalue weighted by Gasteiger charge is 2.23. The van der Waals surface area contributed by atoms with E-state index >= 15 is 0 Å². The Balaban J connectivity index is 2.19. The van der Waals surface area contributed by atoms with Crippen molar-refractivity contribution in [2.45, 2.75) is 58.1 Å². The lowest BCUT2D eigenvalue weighted by Crippen LogP contribution is -2.43. The van der Waals surface area contributed by atoms with E-state index in [1.165, 1.54) is 12.8 Å². The predicted octanol–water partition coefficient (Wildman–Crippen LogP) is 2.13. The van der Waals surface area contributed by atoms with Gasteiger partial charge in [-0.2, -0.15) is 0 Å². The number of rotatable bonds is 7. The largest absolute Gasteiger partial charge is 0.481 e. The van der Waals surface area contributed by atoms with Crippen LogP contribution in [0, 0.1) is 0 Å². The van der Waals surface area contributed by atoms with Gasteiger partial charge in [-0.15, -0.1) is 0 Å². The minimum atomic E-state index is -0.778. The van der Waals surface area contributed by atoms with Gasteiger partial charge in [-0.1, -0.05) is 13.8 Å². The van der Waals surface area contributed by atoms with Gasteiger partial charge in [-0.05, 0) is 25.7 Å². The van der Waals surface area contributed by atoms with Gasteiger partial charge in [0, 0.05) is 19.1 Å². The first kappa shape index (κ1) is 14.5. The molecule has 0 atom stereocenters. The number of nitrogens with zero attached hydrogens (tertiary/aromatic N) is 1. The molecule has 0 aliphatic carbocycles. The van der Waals surface area contributed by atoms with Gasteiger partial charge >= 0.3 is 5.97 Å². The minimum absolute atomic E-state index is 0.118. The third-order valence-corrected chi connectivity index (χ3v) is 3.60. The summed E-state index contributed by atoms with van der Waals surface area (Å²) >= 11 is 0. The number of carboxylic acid groups (broad SMARTS) is 1. The number of likely N-dealkylation sites (tertiary alicyclic amines) is 1. The summed E-state index contributed by atoms with van der Waals surface area (Å²) < 4.78 is 5.58. The van der Waals surface area contributed by atoms with Crippen LogP contribution in [0.15, 0.2) is 0 Å². The van der Waals surface area contributed by atoms with Crippen molar-refractivity contribution in [1.29, 1.82) is 0 Å². The van der Waals surface area contributed by atoms with Gasteiger partial charge in [-0.3, -0.25) is 4.79 Å². The molecule has 4 nitrogen and oxygen atoms in total. The highest BCUT2D eigenvalue weighted by Crippen LogP contribution is 2.18. The monoisotopic (exact) mass is 243 g/mol. The van der Waals surface area contributed by atoms with Crippen LogP contribution in [0.5, 0.6) is 0 Å². The summed E-state index contributed by atoms with van der Waals surface area (Å²) in [6.07, 6.45) is 4.88. The van der Waals surface area contributed by atoms with Crippen molar-refractivity contribution in [2.24, 2.45) is 0 Å². The Morgan fingerprint density at radius 1 is 1.35 bits per heavy atom. The average molecular weight is 243 g/mol. The molecule has 1 aliphatic rings. The number of hydrogen-bond donors (Lipinski definition) is 1. The van der Waals surface area contributed by atoms with Gasteiger partial charge in [0.1, 0.15) is 0 Å². The Labute approximate surface area is 104 Å². The second-order valence-corrected chi connectivity index (χ2v) is 4.72. The molecule has 0 amide bonds. The zero-order valence-electron chi connectivity index (χ0n) is 11.0. The molecule has 1 saturated heterocycles. The molecule has 1 rings (SSSR count). The van der Waals surface area contributed by atoms with E-state index in [4.69, 9.17) is 9.84 Å². The number of piperidine rings is 1. The van der Waals surface area contributed by atoms with Crippen molar-refractivity contribution in [3.63, 3.8) is 0 Å². The topological polar surface area (TPSA) is 49.8 Å². The third-order valence-electron chi connectivity index (χ3n) is 3.60. The van der Waals surface area contributed by atoms with E-state index in [0.29, 0.717) is 12.6 Å². The van der Waals surface area contributed by atoms with Gasteiger partial charge in [0.25, 0.3) is 0 Å². The second kappa shape index (κ2) is 7.67. The molecule has 0 aromatic heterocycles. The van der Waals surface area contributed by atoms with Crippen molar-refractivity contribution in [3.05, 3.63) is 0 Å². The van der Waals surface area contributed by atoms with Crippen LogP contribution in [0.25, 0.3) is 0 Å². The quantitative estimate of drug-likeness (QED) is 0.744. The molecule has 17 heavy (non-hydrogen) atoms. The fraction of sp³-hybridized carbons (Fsp3) is 0.923. The minimum Gasteiger partial charge on any atom is -0.481 e. The molecular weight excluding hydrogens is 218 g/mol. The maximum Gasteiger partial charge on any atom is 0.305 e. The molecule has 0 unspecified atom stereocenters. The Morgan fingerprint density at radius 2 is 1.94 bits per heavy atom. The first-order valence-electron chi connectivity index (χ1n) is 6.74. The average Bonchev–Trinajstić information content (AvgIpc) is 2.32. The summed E-state index contributed by atoms with van der Waals surface area (Å²) in [4.78, 5) is 12.9. The number of aliphatic carboxylic acids is 1. The molecule has 1 N–H and O–H groups in total. The summed E-state index contributed by atoms with van der Waals surface area (Å²) in [6.45, 7) is 7.01. The van der Waals surface area contributed by atoms with E-state index < -0.39 is 5.97 Å². The molecular formula is C13H25NO3. The zero-order valence-corrected chi connectivity index (χ0v) is 11.0. The molecule has 1 heterocycles. The van der Waals surface area contributed by atoms with Crippen LogP contribution in [0.2, 0.25) is 0 Å². The number of ether oxygens (including phenoxy) is 1. The van der Waals surface area contributed by atoms with E-state index in [2.05, 4.69) is 18.7 Å². The van der Waals surface area contributed by atoms with Gasteiger partial charge < -0.3 is 14.7 Å². The molecule has 0 saturated carbocycles. The first-order valence-corrected chi connectivity index (χ1v) is 6.74. The predicted molar refractivity (Wildman–Crippen MR) is 67.2 cm³/mol. The molecule has 0 bridgehead atoms. The van der Waals surface area contributed by atoms with Gasteiger partial charge in [0.2, 0.25) is 0 Å². The zero-order chi connectivity index (χ0) is 12.7. The molecule has 1 fully saturated rings. The van der Waals surface area contributed by atoms with Crippen LogP contribution in [-0.2, 0) is 9.53 Å². The van der Waals surface area contributed by atoms with Gasteiger partial charge in [0.15, 0.2) is 0 Å². The highest BCUT2D eigenvalue weighted by molar-refractivity contribution is 5.66. The fourth-order valence-electron chi connectivity index (χ4n) is 2.53. The maximum atomic E-state index is 10.4. The Hall–Kier alpha value is -0.610. The van der Waals surface area contributed by atoms with Crippen molar-refractivity contribution in [2.75, 3.05) is 19.7 Å². The Morgan fingerprint density at radius 3 is 2.41 bits per heavy atom. The molecule has 0 spiro atoms. The third kappa shape index (κ3) is 5.04. The van der Waals surface area contributed by atoms with Crippen LogP contribution in [0.4, 0.5) is 0 Å². The molecule has 0 radical (unpaired) electrons. The first-order chi connectivity index (χ1) is 8.17. The van der Waals surface area contributed by atoms with Crippen molar-refractivity contribution in [3.8, 4) is 0 Å². The lowest BCUT2D eigenvalue weighted by Gasteiger charge is -2.36. The van der Waals surface area contributed by atoms with E-state index in [0.717, 1.165) is 25.9 Å². The van der Waals surface area contributed by atoms with Crippen molar-refractivity contribution < 1.29 is 14.6 Å². The summed E-state index contributed by atoms with van der Waals surface area (Å²) in [5.74, 6) is -0.778.